The maximum atomic E-state index is 12.8. The van der Waals surface area contributed by atoms with E-state index in [4.69, 9.17) is 4.74 Å². The van der Waals surface area contributed by atoms with Crippen LogP contribution < -0.4 is 4.74 Å². The number of hydrogen-bond donors (Lipinski definition) is 0. The van der Waals surface area contributed by atoms with Crippen LogP contribution in [0.1, 0.15) is 22.3 Å². The van der Waals surface area contributed by atoms with Gasteiger partial charge in [-0.15, -0.1) is 0 Å². The summed E-state index contributed by atoms with van der Waals surface area (Å²) in [6, 6.07) is 25.3. The maximum Gasteiger partial charge on any atom is 0.293 e. The van der Waals surface area contributed by atoms with E-state index in [9.17, 15) is 9.59 Å². The lowest BCUT2D eigenvalue weighted by Gasteiger charge is -2.12. The first-order valence-electron chi connectivity index (χ1n) is 9.66. The molecule has 3 aromatic rings. The van der Waals surface area contributed by atoms with Crippen LogP contribution in [0.4, 0.5) is 4.79 Å². The largest absolute Gasteiger partial charge is 0.489 e. The Balaban J connectivity index is 1.46. The van der Waals surface area contributed by atoms with Crippen molar-refractivity contribution in [1.29, 1.82) is 0 Å². The molecule has 0 bridgehead atoms. The highest BCUT2D eigenvalue weighted by atomic mass is 32.2. The van der Waals surface area contributed by atoms with Gasteiger partial charge in [-0.2, -0.15) is 0 Å². The van der Waals surface area contributed by atoms with Crippen molar-refractivity contribution in [2.75, 3.05) is 0 Å². The molecule has 0 atom stereocenters. The molecule has 4 rings (SSSR count). The second-order valence-electron chi connectivity index (χ2n) is 7.10. The Labute approximate surface area is 180 Å². The molecule has 4 nitrogen and oxygen atoms in total. The molecule has 0 N–H and O–H groups in total. The number of rotatable bonds is 6. The highest BCUT2D eigenvalue weighted by Gasteiger charge is 2.34. The van der Waals surface area contributed by atoms with E-state index in [-0.39, 0.29) is 17.7 Å². The summed E-state index contributed by atoms with van der Waals surface area (Å²) < 4.78 is 5.86. The van der Waals surface area contributed by atoms with E-state index in [1.165, 1.54) is 4.90 Å². The van der Waals surface area contributed by atoms with E-state index in [1.54, 1.807) is 6.08 Å². The Kier molecular flexibility index (Phi) is 6.00. The average molecular weight is 416 g/mol. The van der Waals surface area contributed by atoms with Gasteiger partial charge in [0.15, 0.2) is 0 Å². The summed E-state index contributed by atoms with van der Waals surface area (Å²) >= 11 is 0.973. The monoisotopic (exact) mass is 415 g/mol. The average Bonchev–Trinajstić information content (AvgIpc) is 3.02. The van der Waals surface area contributed by atoms with Crippen molar-refractivity contribution in [3.05, 3.63) is 106 Å². The smallest absolute Gasteiger partial charge is 0.293 e. The van der Waals surface area contributed by atoms with Gasteiger partial charge in [0.05, 0.1) is 11.4 Å². The lowest BCUT2D eigenvalue weighted by molar-refractivity contribution is -0.123. The molecule has 0 aromatic heterocycles. The minimum atomic E-state index is -0.263. The predicted octanol–water partition coefficient (Wildman–Crippen LogP) is 5.81. The number of nitrogens with zero attached hydrogens (tertiary/aromatic N) is 1. The van der Waals surface area contributed by atoms with E-state index >= 15 is 0 Å². The van der Waals surface area contributed by atoms with Crippen LogP contribution in [0.25, 0.3) is 6.08 Å². The molecule has 1 saturated heterocycles. The highest BCUT2D eigenvalue weighted by Crippen LogP contribution is 2.33. The van der Waals surface area contributed by atoms with Gasteiger partial charge in [-0.25, -0.2) is 0 Å². The van der Waals surface area contributed by atoms with Gasteiger partial charge in [-0.1, -0.05) is 72.3 Å². The van der Waals surface area contributed by atoms with Crippen LogP contribution in [0.3, 0.4) is 0 Å². The number of hydrogen-bond acceptors (Lipinski definition) is 4. The van der Waals surface area contributed by atoms with E-state index in [2.05, 4.69) is 0 Å². The summed E-state index contributed by atoms with van der Waals surface area (Å²) in [7, 11) is 0. The van der Waals surface area contributed by atoms with Crippen LogP contribution in [0.2, 0.25) is 0 Å². The summed E-state index contributed by atoms with van der Waals surface area (Å²) in [5.41, 5.74) is 3.98. The molecule has 1 aliphatic heterocycles. The normalized spacial score (nSPS) is 15.1. The zero-order valence-electron chi connectivity index (χ0n) is 16.6. The summed E-state index contributed by atoms with van der Waals surface area (Å²) in [6.07, 6.45) is 1.75. The fourth-order valence-corrected chi connectivity index (χ4v) is 3.94. The number of thioether (sulfide) groups is 1. The number of carbonyl (C=O) groups excluding carboxylic acids is 2. The van der Waals surface area contributed by atoms with Gasteiger partial charge in [0.2, 0.25) is 0 Å². The van der Waals surface area contributed by atoms with Crippen molar-refractivity contribution in [2.45, 2.75) is 20.1 Å². The van der Waals surface area contributed by atoms with Gasteiger partial charge < -0.3 is 4.74 Å². The minimum Gasteiger partial charge on any atom is -0.489 e. The van der Waals surface area contributed by atoms with Gasteiger partial charge in [0.1, 0.15) is 12.4 Å². The maximum absolute atomic E-state index is 12.8. The van der Waals surface area contributed by atoms with Crippen molar-refractivity contribution in [3.8, 4) is 5.75 Å². The fourth-order valence-electron chi connectivity index (χ4n) is 3.10. The van der Waals surface area contributed by atoms with Crippen LogP contribution in [-0.4, -0.2) is 16.0 Å². The number of amides is 2. The summed E-state index contributed by atoms with van der Waals surface area (Å²) in [5, 5.41) is -0.247. The molecule has 0 spiro atoms. The Hall–Kier alpha value is -3.31. The Morgan fingerprint density at radius 1 is 0.900 bits per heavy atom. The van der Waals surface area contributed by atoms with E-state index in [1.807, 2.05) is 85.8 Å². The molecule has 5 heteroatoms. The Morgan fingerprint density at radius 3 is 2.43 bits per heavy atom. The summed E-state index contributed by atoms with van der Waals surface area (Å²) in [4.78, 5) is 26.9. The van der Waals surface area contributed by atoms with Crippen molar-refractivity contribution in [1.82, 2.24) is 4.90 Å². The van der Waals surface area contributed by atoms with Crippen molar-refractivity contribution in [3.63, 3.8) is 0 Å². The standard InChI is InChI=1S/C25H21NO3S/c1-18-10-12-19(13-11-18)16-26-24(27)23(30-25(26)28)15-21-8-5-9-22(14-21)29-17-20-6-3-2-4-7-20/h2-15H,16-17H2,1H3/b23-15-. The predicted molar refractivity (Wildman–Crippen MR) is 120 cm³/mol. The SMILES string of the molecule is Cc1ccc(CN2C(=O)S/C(=C\c3cccc(OCc4ccccc4)c3)C2=O)cc1. The van der Waals surface area contributed by atoms with Crippen LogP contribution in [0, 0.1) is 6.92 Å². The third-order valence-electron chi connectivity index (χ3n) is 4.74. The number of carbonyl (C=O) groups is 2. The molecule has 1 heterocycles. The van der Waals surface area contributed by atoms with Gasteiger partial charge in [0, 0.05) is 0 Å². The minimum absolute atomic E-state index is 0.247. The number of imide groups is 1. The topological polar surface area (TPSA) is 46.6 Å². The molecule has 0 unspecified atom stereocenters. The number of benzene rings is 3. The lowest BCUT2D eigenvalue weighted by atomic mass is 10.1. The second kappa shape index (κ2) is 9.01. The van der Waals surface area contributed by atoms with Gasteiger partial charge in [-0.3, -0.25) is 14.5 Å². The van der Waals surface area contributed by atoms with E-state index in [0.717, 1.165) is 34.0 Å². The van der Waals surface area contributed by atoms with Crippen LogP contribution in [0.5, 0.6) is 5.75 Å². The molecule has 0 radical (unpaired) electrons. The highest BCUT2D eigenvalue weighted by molar-refractivity contribution is 8.18. The first-order valence-corrected chi connectivity index (χ1v) is 10.5. The van der Waals surface area contributed by atoms with Crippen molar-refractivity contribution in [2.24, 2.45) is 0 Å². The van der Waals surface area contributed by atoms with Crippen molar-refractivity contribution >= 4 is 29.0 Å². The molecule has 1 aliphatic rings. The molecule has 2 amide bonds. The van der Waals surface area contributed by atoms with Crippen LogP contribution in [-0.2, 0) is 17.9 Å². The van der Waals surface area contributed by atoms with Crippen LogP contribution >= 0.6 is 11.8 Å². The molecular formula is C25H21NO3S. The number of ether oxygens (including phenoxy) is 1. The molecule has 30 heavy (non-hydrogen) atoms. The Morgan fingerprint density at radius 2 is 1.67 bits per heavy atom. The first kappa shape index (κ1) is 20.0. The third-order valence-corrected chi connectivity index (χ3v) is 5.65. The quantitative estimate of drug-likeness (QED) is 0.477. The summed E-state index contributed by atoms with van der Waals surface area (Å²) in [5.74, 6) is 0.452. The number of aryl methyl sites for hydroxylation is 1. The van der Waals surface area contributed by atoms with Gasteiger partial charge in [0.25, 0.3) is 11.1 Å². The second-order valence-corrected chi connectivity index (χ2v) is 8.09. The van der Waals surface area contributed by atoms with Crippen LogP contribution in [0.15, 0.2) is 83.8 Å². The van der Waals surface area contributed by atoms with Crippen molar-refractivity contribution < 1.29 is 14.3 Å². The zero-order chi connectivity index (χ0) is 20.9. The Bertz CT molecular complexity index is 1090. The van der Waals surface area contributed by atoms with E-state index in [0.29, 0.717) is 17.3 Å². The molecule has 0 saturated carbocycles. The molecule has 0 aliphatic carbocycles. The molecule has 3 aromatic carbocycles. The molecular weight excluding hydrogens is 394 g/mol. The third kappa shape index (κ3) is 4.81. The zero-order valence-corrected chi connectivity index (χ0v) is 17.4. The first-order chi connectivity index (χ1) is 14.6. The van der Waals surface area contributed by atoms with Gasteiger partial charge in [-0.05, 0) is 53.6 Å². The lowest BCUT2D eigenvalue weighted by Crippen LogP contribution is -2.27. The van der Waals surface area contributed by atoms with E-state index < -0.39 is 0 Å². The van der Waals surface area contributed by atoms with Gasteiger partial charge >= 0.3 is 0 Å². The molecule has 150 valence electrons. The molecule has 1 fully saturated rings. The fraction of sp³-hybridized carbons (Fsp3) is 0.120. The summed E-state index contributed by atoms with van der Waals surface area (Å²) in [6.45, 7) is 2.75.